The Labute approximate surface area is 137 Å². The molecule has 5 heterocycles. The molecule has 2 aromatic heterocycles. The molecule has 3 aliphatic rings. The van der Waals surface area contributed by atoms with Crippen molar-refractivity contribution in [3.63, 3.8) is 0 Å². The molecule has 1 amide bonds. The van der Waals surface area contributed by atoms with Crippen LogP contribution in [0.3, 0.4) is 0 Å². The summed E-state index contributed by atoms with van der Waals surface area (Å²) >= 11 is 1.18. The van der Waals surface area contributed by atoms with Crippen molar-refractivity contribution in [1.82, 2.24) is 20.2 Å². The number of pyridine rings is 1. The molecule has 3 aliphatic heterocycles. The summed E-state index contributed by atoms with van der Waals surface area (Å²) in [6, 6.07) is 3.10. The molecule has 5 nitrogen and oxygen atoms in total. The summed E-state index contributed by atoms with van der Waals surface area (Å²) in [5, 5.41) is 3.46. The van der Waals surface area contributed by atoms with Crippen LogP contribution in [-0.4, -0.2) is 46.5 Å². The molecule has 120 valence electrons. The van der Waals surface area contributed by atoms with Crippen LogP contribution in [0.25, 0.3) is 10.6 Å². The zero-order chi connectivity index (χ0) is 15.8. The van der Waals surface area contributed by atoms with Crippen molar-refractivity contribution in [2.24, 2.45) is 5.92 Å². The van der Waals surface area contributed by atoms with Crippen molar-refractivity contribution in [3.05, 3.63) is 35.4 Å². The molecule has 0 radical (unpaired) electrons. The topological polar surface area (TPSA) is 58.1 Å². The van der Waals surface area contributed by atoms with Crippen molar-refractivity contribution in [3.8, 4) is 10.6 Å². The van der Waals surface area contributed by atoms with Gasteiger partial charge in [-0.15, -0.1) is 11.3 Å². The van der Waals surface area contributed by atoms with Crippen LogP contribution in [0.4, 0.5) is 4.39 Å². The lowest BCUT2D eigenvalue weighted by molar-refractivity contribution is 0.0620. The predicted molar refractivity (Wildman–Crippen MR) is 85.7 cm³/mol. The van der Waals surface area contributed by atoms with Crippen LogP contribution in [0.2, 0.25) is 0 Å². The standard InChI is InChI=1S/C16H17FN4OS/c17-11-2-1-5-18-14(11)13-8-19-16(23-13)15(22)20-12-9-21-6-3-10(12)4-7-21/h1-2,5,8,10,12H,3-4,6-7,9H2,(H,20,22)/t12-/m0/s1. The van der Waals surface area contributed by atoms with Gasteiger partial charge < -0.3 is 10.2 Å². The van der Waals surface area contributed by atoms with E-state index in [9.17, 15) is 9.18 Å². The lowest BCUT2D eigenvalue weighted by atomic mass is 9.84. The summed E-state index contributed by atoms with van der Waals surface area (Å²) in [4.78, 5) is 23.6. The fraction of sp³-hybridized carbons (Fsp3) is 0.438. The lowest BCUT2D eigenvalue weighted by Crippen LogP contribution is -2.57. The van der Waals surface area contributed by atoms with Crippen LogP contribution in [-0.2, 0) is 0 Å². The van der Waals surface area contributed by atoms with Gasteiger partial charge >= 0.3 is 0 Å². The molecule has 2 bridgehead atoms. The molecule has 0 saturated carbocycles. The largest absolute Gasteiger partial charge is 0.346 e. The number of halogens is 1. The summed E-state index contributed by atoms with van der Waals surface area (Å²) in [5.74, 6) is -0.00606. The van der Waals surface area contributed by atoms with Gasteiger partial charge in [-0.2, -0.15) is 0 Å². The second-order valence-corrected chi connectivity index (χ2v) is 7.11. The fourth-order valence-corrected chi connectivity index (χ4v) is 4.23. The van der Waals surface area contributed by atoms with E-state index in [4.69, 9.17) is 0 Å². The number of piperidine rings is 3. The average molecular weight is 332 g/mol. The minimum atomic E-state index is -0.402. The summed E-state index contributed by atoms with van der Waals surface area (Å²) in [7, 11) is 0. The van der Waals surface area contributed by atoms with Crippen molar-refractivity contribution < 1.29 is 9.18 Å². The minimum Gasteiger partial charge on any atom is -0.346 e. The van der Waals surface area contributed by atoms with E-state index in [-0.39, 0.29) is 17.6 Å². The van der Waals surface area contributed by atoms with E-state index in [1.54, 1.807) is 6.07 Å². The van der Waals surface area contributed by atoms with E-state index in [0.717, 1.165) is 32.5 Å². The molecule has 3 saturated heterocycles. The van der Waals surface area contributed by atoms with Gasteiger partial charge in [-0.1, -0.05) is 0 Å². The number of thiazole rings is 1. The van der Waals surface area contributed by atoms with Gasteiger partial charge in [0.1, 0.15) is 11.5 Å². The van der Waals surface area contributed by atoms with Gasteiger partial charge in [0.05, 0.1) is 4.88 Å². The first kappa shape index (κ1) is 14.7. The summed E-state index contributed by atoms with van der Waals surface area (Å²) in [6.07, 6.45) is 5.34. The Bertz CT molecular complexity index is 726. The first-order chi connectivity index (χ1) is 11.2. The highest BCUT2D eigenvalue weighted by atomic mass is 32.1. The Kier molecular flexibility index (Phi) is 3.82. The molecule has 7 heteroatoms. The molecule has 3 fully saturated rings. The second kappa shape index (κ2) is 5.98. The van der Waals surface area contributed by atoms with Gasteiger partial charge in [0.15, 0.2) is 5.01 Å². The van der Waals surface area contributed by atoms with E-state index in [1.165, 1.54) is 29.8 Å². The average Bonchev–Trinajstić information content (AvgIpc) is 3.06. The molecule has 0 aromatic carbocycles. The van der Waals surface area contributed by atoms with E-state index >= 15 is 0 Å². The van der Waals surface area contributed by atoms with Gasteiger partial charge in [0.25, 0.3) is 5.91 Å². The van der Waals surface area contributed by atoms with E-state index in [0.29, 0.717) is 15.8 Å². The quantitative estimate of drug-likeness (QED) is 0.936. The Morgan fingerprint density at radius 2 is 2.17 bits per heavy atom. The molecule has 1 atom stereocenters. The van der Waals surface area contributed by atoms with Crippen LogP contribution < -0.4 is 5.32 Å². The van der Waals surface area contributed by atoms with E-state index < -0.39 is 5.82 Å². The van der Waals surface area contributed by atoms with Crippen LogP contribution in [0, 0.1) is 11.7 Å². The third kappa shape index (κ3) is 2.86. The Hall–Kier alpha value is -1.86. The SMILES string of the molecule is O=C(N[C@H]1CN2CCC1CC2)c1ncc(-c2ncccc2F)s1. The molecule has 5 rings (SSSR count). The fourth-order valence-electron chi connectivity index (χ4n) is 3.41. The van der Waals surface area contributed by atoms with Crippen molar-refractivity contribution in [1.29, 1.82) is 0 Å². The Morgan fingerprint density at radius 3 is 2.87 bits per heavy atom. The number of nitrogens with zero attached hydrogens (tertiary/aromatic N) is 3. The number of aromatic nitrogens is 2. The lowest BCUT2D eigenvalue weighted by Gasteiger charge is -2.44. The van der Waals surface area contributed by atoms with Crippen LogP contribution >= 0.6 is 11.3 Å². The maximum atomic E-state index is 13.8. The minimum absolute atomic E-state index is 0.170. The summed E-state index contributed by atoms with van der Waals surface area (Å²) in [6.45, 7) is 3.19. The van der Waals surface area contributed by atoms with Crippen molar-refractivity contribution >= 4 is 17.2 Å². The molecule has 23 heavy (non-hydrogen) atoms. The molecule has 2 aromatic rings. The van der Waals surface area contributed by atoms with Gasteiger partial charge in [-0.25, -0.2) is 9.37 Å². The zero-order valence-electron chi connectivity index (χ0n) is 12.5. The highest BCUT2D eigenvalue weighted by molar-refractivity contribution is 7.16. The normalized spacial score (nSPS) is 26.2. The first-order valence-corrected chi connectivity index (χ1v) is 8.62. The number of carbonyl (C=O) groups is 1. The molecule has 0 unspecified atom stereocenters. The summed E-state index contributed by atoms with van der Waals surface area (Å²) < 4.78 is 13.8. The number of fused-ring (bicyclic) bond motifs is 3. The Balaban J connectivity index is 1.48. The van der Waals surface area contributed by atoms with Gasteiger partial charge in [-0.05, 0) is 44.0 Å². The highest BCUT2D eigenvalue weighted by Gasteiger charge is 2.35. The number of amides is 1. The molecule has 0 aliphatic carbocycles. The maximum Gasteiger partial charge on any atom is 0.280 e. The van der Waals surface area contributed by atoms with Crippen LogP contribution in [0.1, 0.15) is 22.6 Å². The first-order valence-electron chi connectivity index (χ1n) is 7.80. The van der Waals surface area contributed by atoms with Crippen LogP contribution in [0.5, 0.6) is 0 Å². The summed E-state index contributed by atoms with van der Waals surface area (Å²) in [5.41, 5.74) is 0.242. The number of nitrogens with one attached hydrogen (secondary N) is 1. The maximum absolute atomic E-state index is 13.8. The number of hydrogen-bond acceptors (Lipinski definition) is 5. The third-order valence-electron chi connectivity index (χ3n) is 4.66. The highest BCUT2D eigenvalue weighted by Crippen LogP contribution is 2.29. The number of rotatable bonds is 3. The van der Waals surface area contributed by atoms with E-state index in [1.807, 2.05) is 0 Å². The van der Waals surface area contributed by atoms with Crippen molar-refractivity contribution in [2.75, 3.05) is 19.6 Å². The molecule has 1 N–H and O–H groups in total. The van der Waals surface area contributed by atoms with Gasteiger partial charge in [0.2, 0.25) is 0 Å². The molecule has 0 spiro atoms. The third-order valence-corrected chi connectivity index (χ3v) is 5.67. The molecular weight excluding hydrogens is 315 g/mol. The number of hydrogen-bond donors (Lipinski definition) is 1. The van der Waals surface area contributed by atoms with Crippen molar-refractivity contribution in [2.45, 2.75) is 18.9 Å². The Morgan fingerprint density at radius 1 is 1.35 bits per heavy atom. The van der Waals surface area contributed by atoms with Gasteiger partial charge in [-0.3, -0.25) is 9.78 Å². The van der Waals surface area contributed by atoms with E-state index in [2.05, 4.69) is 20.2 Å². The number of carbonyl (C=O) groups excluding carboxylic acids is 1. The second-order valence-electron chi connectivity index (χ2n) is 6.08. The molecular formula is C16H17FN4OS. The smallest absolute Gasteiger partial charge is 0.280 e. The van der Waals surface area contributed by atoms with Crippen LogP contribution in [0.15, 0.2) is 24.5 Å². The predicted octanol–water partition coefficient (Wildman–Crippen LogP) is 2.17. The monoisotopic (exact) mass is 332 g/mol. The zero-order valence-corrected chi connectivity index (χ0v) is 13.4. The van der Waals surface area contributed by atoms with Gasteiger partial charge in [0, 0.05) is 25.0 Å².